The first-order valence-corrected chi connectivity index (χ1v) is 3.92. The summed E-state index contributed by atoms with van der Waals surface area (Å²) >= 11 is 0. The predicted octanol–water partition coefficient (Wildman–Crippen LogP) is 2.05. The molecule has 0 saturated carbocycles. The Kier molecular flexibility index (Phi) is 2.47. The van der Waals surface area contributed by atoms with E-state index in [0.717, 1.165) is 18.5 Å². The molecule has 0 atom stereocenters. The van der Waals surface area contributed by atoms with Gasteiger partial charge in [0.05, 0.1) is 0 Å². The van der Waals surface area contributed by atoms with Crippen molar-refractivity contribution in [2.75, 3.05) is 0 Å². The second-order valence-electron chi connectivity index (χ2n) is 2.61. The lowest BCUT2D eigenvalue weighted by Gasteiger charge is -2.22. The summed E-state index contributed by atoms with van der Waals surface area (Å²) in [6, 6.07) is 0. The molecule has 1 rings (SSSR count). The minimum Gasteiger partial charge on any atom is -0.293 e. The summed E-state index contributed by atoms with van der Waals surface area (Å²) in [6.07, 6.45) is 6.14. The Morgan fingerprint density at radius 1 is 1.82 bits per heavy atom. The Morgan fingerprint density at radius 3 is 3.09 bits per heavy atom. The van der Waals surface area contributed by atoms with Crippen LogP contribution in [-0.2, 0) is 4.79 Å². The summed E-state index contributed by atoms with van der Waals surface area (Å²) in [7, 11) is 0. The van der Waals surface area contributed by atoms with E-state index < -0.39 is 0 Å². The topological polar surface area (TPSA) is 20.3 Å². The molecule has 0 radical (unpaired) electrons. The van der Waals surface area contributed by atoms with E-state index in [2.05, 4.69) is 6.58 Å². The quantitative estimate of drug-likeness (QED) is 0.591. The highest BCUT2D eigenvalue weighted by molar-refractivity contribution is 5.80. The van der Waals surface area contributed by atoms with E-state index in [9.17, 15) is 4.79 Å². The summed E-state index contributed by atoms with van der Waals surface area (Å²) in [6.45, 7) is 5.80. The smallest absolute Gasteiger partial charge is 0.231 e. The third kappa shape index (κ3) is 1.70. The number of amides is 1. The molecule has 1 aliphatic rings. The summed E-state index contributed by atoms with van der Waals surface area (Å²) in [5.74, 6) is 0.166. The van der Waals surface area contributed by atoms with Crippen LogP contribution in [0.5, 0.6) is 0 Å². The summed E-state index contributed by atoms with van der Waals surface area (Å²) in [5, 5.41) is 0. The zero-order valence-electron chi connectivity index (χ0n) is 6.84. The van der Waals surface area contributed by atoms with Gasteiger partial charge in [0.15, 0.2) is 0 Å². The zero-order chi connectivity index (χ0) is 8.27. The van der Waals surface area contributed by atoms with Crippen LogP contribution < -0.4 is 0 Å². The Bertz CT molecular complexity index is 206. The fourth-order valence-electron chi connectivity index (χ4n) is 1.04. The Labute approximate surface area is 67.2 Å². The minimum absolute atomic E-state index is 0.166. The predicted molar refractivity (Wildman–Crippen MR) is 44.7 cm³/mol. The lowest BCUT2D eigenvalue weighted by Crippen LogP contribution is -2.26. The maximum Gasteiger partial charge on any atom is 0.231 e. The molecule has 0 N–H and O–H groups in total. The molecule has 1 amide bonds. The molecule has 0 aliphatic carbocycles. The molecular formula is C9H13NO. The van der Waals surface area contributed by atoms with E-state index in [1.807, 2.05) is 19.2 Å². The largest absolute Gasteiger partial charge is 0.293 e. The summed E-state index contributed by atoms with van der Waals surface area (Å²) in [5.41, 5.74) is 0.881. The fourth-order valence-corrected chi connectivity index (χ4v) is 1.04. The number of hydrogen-bond acceptors (Lipinski definition) is 1. The Morgan fingerprint density at radius 2 is 2.55 bits per heavy atom. The van der Waals surface area contributed by atoms with E-state index >= 15 is 0 Å². The van der Waals surface area contributed by atoms with E-state index in [1.165, 1.54) is 0 Å². The van der Waals surface area contributed by atoms with Gasteiger partial charge in [0.2, 0.25) is 5.91 Å². The van der Waals surface area contributed by atoms with E-state index in [1.54, 1.807) is 4.90 Å². The molecule has 11 heavy (non-hydrogen) atoms. The lowest BCUT2D eigenvalue weighted by molar-refractivity contribution is -0.127. The molecule has 2 heteroatoms. The molecule has 0 aromatic heterocycles. The van der Waals surface area contributed by atoms with Crippen LogP contribution in [0.4, 0.5) is 0 Å². The van der Waals surface area contributed by atoms with Crippen LogP contribution in [0, 0.1) is 0 Å². The fraction of sp³-hybridized carbons (Fsp3) is 0.444. The summed E-state index contributed by atoms with van der Waals surface area (Å²) in [4.78, 5) is 12.9. The number of carbonyl (C=O) groups is 1. The van der Waals surface area contributed by atoms with Gasteiger partial charge in [-0.1, -0.05) is 19.6 Å². The molecule has 60 valence electrons. The van der Waals surface area contributed by atoms with Crippen LogP contribution >= 0.6 is 0 Å². The van der Waals surface area contributed by atoms with Gasteiger partial charge in [0.1, 0.15) is 0 Å². The molecule has 0 fully saturated rings. The van der Waals surface area contributed by atoms with Crippen LogP contribution in [0.3, 0.4) is 0 Å². The van der Waals surface area contributed by atoms with Crippen molar-refractivity contribution in [2.24, 2.45) is 0 Å². The molecule has 0 unspecified atom stereocenters. The van der Waals surface area contributed by atoms with Gasteiger partial charge in [-0.2, -0.15) is 0 Å². The van der Waals surface area contributed by atoms with Crippen LogP contribution in [0.1, 0.15) is 26.2 Å². The molecule has 1 aliphatic heterocycles. The highest BCUT2D eigenvalue weighted by atomic mass is 16.2. The molecule has 0 saturated heterocycles. The van der Waals surface area contributed by atoms with Crippen molar-refractivity contribution >= 4 is 5.91 Å². The van der Waals surface area contributed by atoms with Gasteiger partial charge in [-0.15, -0.1) is 0 Å². The number of rotatable bonds is 2. The van der Waals surface area contributed by atoms with Crippen LogP contribution in [0.2, 0.25) is 0 Å². The van der Waals surface area contributed by atoms with Gasteiger partial charge in [0.25, 0.3) is 0 Å². The van der Waals surface area contributed by atoms with E-state index in [0.29, 0.717) is 6.42 Å². The number of hydrogen-bond donors (Lipinski definition) is 0. The summed E-state index contributed by atoms with van der Waals surface area (Å²) < 4.78 is 0. The van der Waals surface area contributed by atoms with Gasteiger partial charge in [-0.3, -0.25) is 9.69 Å². The first-order chi connectivity index (χ1) is 5.25. The first-order valence-electron chi connectivity index (χ1n) is 3.92. The van der Waals surface area contributed by atoms with E-state index in [4.69, 9.17) is 0 Å². The van der Waals surface area contributed by atoms with Gasteiger partial charge < -0.3 is 0 Å². The lowest BCUT2D eigenvalue weighted by atomic mass is 10.2. The normalized spacial score (nSPS) is 17.2. The maximum absolute atomic E-state index is 11.2. The van der Waals surface area contributed by atoms with Crippen molar-refractivity contribution in [2.45, 2.75) is 26.2 Å². The number of allylic oxidation sites excluding steroid dienone is 2. The Balaban J connectivity index is 2.69. The molecule has 2 nitrogen and oxygen atoms in total. The van der Waals surface area contributed by atoms with Crippen molar-refractivity contribution in [3.05, 3.63) is 24.6 Å². The van der Waals surface area contributed by atoms with Gasteiger partial charge in [0, 0.05) is 18.3 Å². The van der Waals surface area contributed by atoms with E-state index in [-0.39, 0.29) is 5.91 Å². The number of carbonyl (C=O) groups excluding carboxylic acids is 1. The van der Waals surface area contributed by atoms with Gasteiger partial charge >= 0.3 is 0 Å². The average molecular weight is 151 g/mol. The molecule has 0 bridgehead atoms. The Hall–Kier alpha value is -1.05. The SMILES string of the molecule is C=C(CC)N1C=CCCC1=O. The van der Waals surface area contributed by atoms with Crippen molar-refractivity contribution in [1.82, 2.24) is 4.90 Å². The average Bonchev–Trinajstić information content (AvgIpc) is 2.04. The standard InChI is InChI=1S/C9H13NO/c1-3-8(2)10-7-5-4-6-9(10)11/h5,7H,2-4,6H2,1H3. The molecule has 0 aromatic carbocycles. The molecule has 0 spiro atoms. The number of nitrogens with zero attached hydrogens (tertiary/aromatic N) is 1. The monoisotopic (exact) mass is 151 g/mol. The highest BCUT2D eigenvalue weighted by Crippen LogP contribution is 2.14. The van der Waals surface area contributed by atoms with Crippen molar-refractivity contribution in [1.29, 1.82) is 0 Å². The minimum atomic E-state index is 0.166. The third-order valence-corrected chi connectivity index (χ3v) is 1.80. The second kappa shape index (κ2) is 3.37. The second-order valence-corrected chi connectivity index (χ2v) is 2.61. The molecule has 1 heterocycles. The molecule has 0 aromatic rings. The van der Waals surface area contributed by atoms with Gasteiger partial charge in [-0.05, 0) is 12.8 Å². The third-order valence-electron chi connectivity index (χ3n) is 1.80. The van der Waals surface area contributed by atoms with Crippen molar-refractivity contribution in [3.8, 4) is 0 Å². The van der Waals surface area contributed by atoms with Gasteiger partial charge in [-0.25, -0.2) is 0 Å². The first kappa shape index (κ1) is 8.05. The van der Waals surface area contributed by atoms with Crippen molar-refractivity contribution in [3.63, 3.8) is 0 Å². The van der Waals surface area contributed by atoms with Crippen LogP contribution in [0.25, 0.3) is 0 Å². The van der Waals surface area contributed by atoms with Crippen LogP contribution in [-0.4, -0.2) is 10.8 Å². The maximum atomic E-state index is 11.2. The molecular weight excluding hydrogens is 138 g/mol. The van der Waals surface area contributed by atoms with Crippen LogP contribution in [0.15, 0.2) is 24.6 Å². The zero-order valence-corrected chi connectivity index (χ0v) is 6.84. The highest BCUT2D eigenvalue weighted by Gasteiger charge is 2.14. The van der Waals surface area contributed by atoms with Crippen molar-refractivity contribution < 1.29 is 4.79 Å².